The van der Waals surface area contributed by atoms with Crippen LogP contribution in [0.4, 0.5) is 11.4 Å². The third kappa shape index (κ3) is 5.35. The van der Waals surface area contributed by atoms with Crippen molar-refractivity contribution in [3.8, 4) is 5.75 Å². The van der Waals surface area contributed by atoms with Crippen molar-refractivity contribution in [1.82, 2.24) is 4.72 Å². The smallest absolute Gasteiger partial charge is 0.341 e. The Labute approximate surface area is 195 Å². The third-order valence-electron chi connectivity index (χ3n) is 5.77. The molecule has 1 aliphatic heterocycles. The Morgan fingerprint density at radius 1 is 1.25 bits per heavy atom. The highest BCUT2D eigenvalue weighted by Crippen LogP contribution is 2.57. The number of carboxylic acids is 1. The molecule has 0 aromatic heterocycles. The molecule has 0 radical (unpaired) electrons. The Bertz CT molecular complexity index is 941. The highest BCUT2D eigenvalue weighted by atomic mass is 32.3. The van der Waals surface area contributed by atoms with Gasteiger partial charge < -0.3 is 14.7 Å². The van der Waals surface area contributed by atoms with Crippen LogP contribution in [0.15, 0.2) is 52.3 Å². The molecular weight excluding hydrogens is 448 g/mol. The van der Waals surface area contributed by atoms with Crippen LogP contribution in [0.1, 0.15) is 39.5 Å². The number of aliphatic carboxylic acids is 1. The maximum absolute atomic E-state index is 11.3. The zero-order valence-corrected chi connectivity index (χ0v) is 20.3. The number of nitrogens with zero attached hydrogens (tertiary/aromatic N) is 1. The highest BCUT2D eigenvalue weighted by Gasteiger charge is 2.41. The average Bonchev–Trinajstić information content (AvgIpc) is 2.88. The van der Waals surface area contributed by atoms with E-state index in [4.69, 9.17) is 9.84 Å². The number of benzene rings is 2. The van der Waals surface area contributed by atoms with Crippen molar-refractivity contribution < 1.29 is 23.7 Å². The Balaban J connectivity index is 2.21. The minimum atomic E-state index is -3.38. The molecule has 176 valence electrons. The lowest BCUT2D eigenvalue weighted by Crippen LogP contribution is -2.51. The average molecular weight is 481 g/mol. The second kappa shape index (κ2) is 10.4. The van der Waals surface area contributed by atoms with Gasteiger partial charge in [-0.3, -0.25) is 9.11 Å². The molecule has 3 rings (SSSR count). The van der Waals surface area contributed by atoms with Gasteiger partial charge in [-0.2, -0.15) is 0 Å². The quantitative estimate of drug-likeness (QED) is 0.325. The molecule has 1 atom stereocenters. The molecule has 0 saturated heterocycles. The zero-order chi connectivity index (χ0) is 23.4. The van der Waals surface area contributed by atoms with Gasteiger partial charge in [-0.25, -0.2) is 9.52 Å². The van der Waals surface area contributed by atoms with Gasteiger partial charge in [0.15, 0.2) is 6.61 Å². The van der Waals surface area contributed by atoms with Crippen molar-refractivity contribution >= 4 is 39.9 Å². The Kier molecular flexibility index (Phi) is 8.00. The van der Waals surface area contributed by atoms with Crippen molar-refractivity contribution in [2.45, 2.75) is 54.9 Å². The molecule has 2 aromatic rings. The van der Waals surface area contributed by atoms with E-state index >= 15 is 0 Å². The van der Waals surface area contributed by atoms with E-state index < -0.39 is 28.9 Å². The summed E-state index contributed by atoms with van der Waals surface area (Å²) in [7, 11) is -3.38. The van der Waals surface area contributed by atoms with Crippen LogP contribution in [0.5, 0.6) is 5.75 Å². The molecule has 9 heteroatoms. The molecule has 0 aliphatic carbocycles. The van der Waals surface area contributed by atoms with E-state index in [-0.39, 0.29) is 0 Å². The summed E-state index contributed by atoms with van der Waals surface area (Å²) in [5.74, 6) is -0.766. The molecule has 4 N–H and O–H groups in total. The fourth-order valence-electron chi connectivity index (χ4n) is 4.00. The van der Waals surface area contributed by atoms with Crippen LogP contribution in [0, 0.1) is 0 Å². The summed E-state index contributed by atoms with van der Waals surface area (Å²) in [6, 6.07) is 13.3. The lowest BCUT2D eigenvalue weighted by molar-refractivity contribution is -0.139. The number of fused-ring (bicyclic) bond motifs is 1. The van der Waals surface area contributed by atoms with Crippen LogP contribution in [-0.2, 0) is 4.79 Å². The number of ether oxygens (including phenoxy) is 1. The van der Waals surface area contributed by atoms with E-state index in [2.05, 4.69) is 23.5 Å². The van der Waals surface area contributed by atoms with Gasteiger partial charge in [0.1, 0.15) is 10.6 Å². The Hall–Kier alpha value is -1.91. The van der Waals surface area contributed by atoms with Gasteiger partial charge in [-0.05, 0) is 37.3 Å². The standard InChI is InChI=1S/C23H32N2O5S2/c1-4-6-12-23(5-2)16-25(17-10-8-7-9-11-17)18-13-20(31-3)19(30-15-22(26)27)14-21(18)32(28,29)24-23/h7-11,13-14,24,28-29H,4-6,12,15-16H2,1-3H3,(H,26,27). The molecule has 0 bridgehead atoms. The van der Waals surface area contributed by atoms with Crippen molar-refractivity contribution in [3.05, 3.63) is 42.5 Å². The number of para-hydroxylation sites is 1. The number of nitrogens with one attached hydrogen (secondary N) is 1. The molecule has 0 saturated carbocycles. The van der Waals surface area contributed by atoms with Crippen molar-refractivity contribution in [2.24, 2.45) is 0 Å². The zero-order valence-electron chi connectivity index (χ0n) is 18.7. The number of carbonyl (C=O) groups is 1. The van der Waals surface area contributed by atoms with E-state index in [1.807, 2.05) is 42.7 Å². The number of thioether (sulfide) groups is 1. The van der Waals surface area contributed by atoms with Crippen LogP contribution in [0.2, 0.25) is 0 Å². The van der Waals surface area contributed by atoms with Crippen LogP contribution in [0.3, 0.4) is 0 Å². The number of carboxylic acid groups (broad SMARTS) is 1. The van der Waals surface area contributed by atoms with E-state index in [1.165, 1.54) is 11.8 Å². The number of hydrogen-bond acceptors (Lipinski definition) is 7. The lowest BCUT2D eigenvalue weighted by Gasteiger charge is -2.42. The summed E-state index contributed by atoms with van der Waals surface area (Å²) in [5.41, 5.74) is 1.13. The Morgan fingerprint density at radius 3 is 2.56 bits per heavy atom. The second-order valence-corrected chi connectivity index (χ2v) is 10.6. The summed E-state index contributed by atoms with van der Waals surface area (Å²) in [6.07, 6.45) is 5.36. The predicted octanol–water partition coefficient (Wildman–Crippen LogP) is 5.98. The van der Waals surface area contributed by atoms with Crippen molar-refractivity contribution in [1.29, 1.82) is 0 Å². The SMILES string of the molecule is CCCCC1(CC)CN(c2ccccc2)c2cc(SC)c(OCC(=O)O)cc2S(O)(O)N1. The summed E-state index contributed by atoms with van der Waals surface area (Å²) < 4.78 is 31.4. The fourth-order valence-corrected chi connectivity index (χ4v) is 6.31. The van der Waals surface area contributed by atoms with Crippen LogP contribution in [-0.4, -0.2) is 45.1 Å². The predicted molar refractivity (Wildman–Crippen MR) is 132 cm³/mol. The van der Waals surface area contributed by atoms with E-state index in [9.17, 15) is 13.9 Å². The first-order chi connectivity index (χ1) is 15.2. The monoisotopic (exact) mass is 480 g/mol. The topological polar surface area (TPSA) is 102 Å². The maximum atomic E-state index is 11.3. The fraction of sp³-hybridized carbons (Fsp3) is 0.435. The van der Waals surface area contributed by atoms with E-state index in [0.717, 1.165) is 36.3 Å². The van der Waals surface area contributed by atoms with Gasteiger partial charge >= 0.3 is 5.97 Å². The second-order valence-electron chi connectivity index (χ2n) is 7.96. The molecule has 0 fully saturated rings. The van der Waals surface area contributed by atoms with Gasteiger partial charge in [-0.15, -0.1) is 22.5 Å². The van der Waals surface area contributed by atoms with Crippen molar-refractivity contribution in [2.75, 3.05) is 24.3 Å². The van der Waals surface area contributed by atoms with Gasteiger partial charge in [-0.1, -0.05) is 44.9 Å². The molecule has 1 unspecified atom stereocenters. The molecule has 2 aromatic carbocycles. The minimum absolute atomic E-state index is 0.311. The number of hydrogen-bond donors (Lipinski definition) is 4. The van der Waals surface area contributed by atoms with E-state index in [1.54, 1.807) is 6.07 Å². The van der Waals surface area contributed by atoms with Gasteiger partial charge in [0, 0.05) is 18.3 Å². The molecule has 0 spiro atoms. The molecule has 32 heavy (non-hydrogen) atoms. The minimum Gasteiger partial charge on any atom is -0.481 e. The Morgan fingerprint density at radius 2 is 1.97 bits per heavy atom. The van der Waals surface area contributed by atoms with E-state index in [0.29, 0.717) is 22.9 Å². The summed E-state index contributed by atoms with van der Waals surface area (Å²) in [4.78, 5) is 14.2. The summed E-state index contributed by atoms with van der Waals surface area (Å²) in [6.45, 7) is 4.25. The number of anilines is 2. The first kappa shape index (κ1) is 24.7. The van der Waals surface area contributed by atoms with Crippen LogP contribution in [0.25, 0.3) is 0 Å². The summed E-state index contributed by atoms with van der Waals surface area (Å²) in [5, 5.41) is 9.05. The molecule has 7 nitrogen and oxygen atoms in total. The number of rotatable bonds is 9. The van der Waals surface area contributed by atoms with Crippen molar-refractivity contribution in [3.63, 3.8) is 0 Å². The summed E-state index contributed by atoms with van der Waals surface area (Å²) >= 11 is 1.42. The first-order valence-electron chi connectivity index (χ1n) is 10.7. The lowest BCUT2D eigenvalue weighted by atomic mass is 9.89. The highest BCUT2D eigenvalue weighted by molar-refractivity contribution is 8.22. The van der Waals surface area contributed by atoms with Crippen LogP contribution >= 0.6 is 22.5 Å². The van der Waals surface area contributed by atoms with Gasteiger partial charge in [0.25, 0.3) is 0 Å². The van der Waals surface area contributed by atoms with Crippen LogP contribution < -0.4 is 14.4 Å². The molecule has 1 heterocycles. The first-order valence-corrected chi connectivity index (χ1v) is 13.5. The maximum Gasteiger partial charge on any atom is 0.341 e. The largest absolute Gasteiger partial charge is 0.481 e. The number of unbranched alkanes of at least 4 members (excludes halogenated alkanes) is 1. The molecular formula is C23H32N2O5S2. The molecule has 0 amide bonds. The molecule has 1 aliphatic rings. The van der Waals surface area contributed by atoms with Gasteiger partial charge in [0.2, 0.25) is 0 Å². The van der Waals surface area contributed by atoms with Gasteiger partial charge in [0.05, 0.1) is 16.1 Å². The normalized spacial score (nSPS) is 20.8. The third-order valence-corrected chi connectivity index (χ3v) is 8.18.